The summed E-state index contributed by atoms with van der Waals surface area (Å²) in [5.41, 5.74) is 0.0320. The summed E-state index contributed by atoms with van der Waals surface area (Å²) in [5.74, 6) is 0.137. The Hall–Kier alpha value is -2.11. The molecule has 116 valence electrons. The molecule has 0 N–H and O–H groups in total. The lowest BCUT2D eigenvalue weighted by molar-refractivity contribution is -0.386. The molecule has 0 saturated carbocycles. The van der Waals surface area contributed by atoms with Gasteiger partial charge < -0.3 is 9.47 Å². The fourth-order valence-corrected chi connectivity index (χ4v) is 1.91. The highest BCUT2D eigenvalue weighted by atomic mass is 16.6. The summed E-state index contributed by atoms with van der Waals surface area (Å²) < 4.78 is 10.7. The SMILES string of the molecule is CCCCCOc1c(OC)cc(C(=O)CC)cc1[N+](=O)[O-]. The average Bonchev–Trinajstić information content (AvgIpc) is 2.49. The Kier molecular flexibility index (Phi) is 6.65. The second kappa shape index (κ2) is 8.24. The Morgan fingerprint density at radius 2 is 2.00 bits per heavy atom. The number of methoxy groups -OCH3 is 1. The maximum Gasteiger partial charge on any atom is 0.315 e. The van der Waals surface area contributed by atoms with Crippen molar-refractivity contribution in [3.05, 3.63) is 27.8 Å². The summed E-state index contributed by atoms with van der Waals surface area (Å²) in [6.45, 7) is 4.15. The normalized spacial score (nSPS) is 10.2. The van der Waals surface area contributed by atoms with E-state index in [1.165, 1.54) is 19.2 Å². The van der Waals surface area contributed by atoms with Crippen LogP contribution in [0.3, 0.4) is 0 Å². The topological polar surface area (TPSA) is 78.7 Å². The number of hydrogen-bond acceptors (Lipinski definition) is 5. The predicted molar refractivity (Wildman–Crippen MR) is 79.3 cm³/mol. The van der Waals surface area contributed by atoms with Gasteiger partial charge in [-0.15, -0.1) is 0 Å². The van der Waals surface area contributed by atoms with Gasteiger partial charge in [0.2, 0.25) is 5.75 Å². The van der Waals surface area contributed by atoms with E-state index < -0.39 is 4.92 Å². The molecule has 0 radical (unpaired) electrons. The molecule has 0 aliphatic rings. The Bertz CT molecular complexity index is 513. The number of ether oxygens (including phenoxy) is 2. The molecular weight excluding hydrogens is 274 g/mol. The Labute approximate surface area is 124 Å². The van der Waals surface area contributed by atoms with Gasteiger partial charge in [0.15, 0.2) is 11.5 Å². The monoisotopic (exact) mass is 295 g/mol. The van der Waals surface area contributed by atoms with Gasteiger partial charge >= 0.3 is 5.69 Å². The van der Waals surface area contributed by atoms with Crippen molar-refractivity contribution in [2.24, 2.45) is 0 Å². The van der Waals surface area contributed by atoms with Crippen LogP contribution in [0.15, 0.2) is 12.1 Å². The van der Waals surface area contributed by atoms with E-state index in [-0.39, 0.29) is 35.0 Å². The van der Waals surface area contributed by atoms with E-state index in [1.54, 1.807) is 6.92 Å². The van der Waals surface area contributed by atoms with Crippen LogP contribution in [0.2, 0.25) is 0 Å². The fraction of sp³-hybridized carbons (Fsp3) is 0.533. The quantitative estimate of drug-likeness (QED) is 0.300. The summed E-state index contributed by atoms with van der Waals surface area (Å²) in [7, 11) is 1.40. The third-order valence-electron chi connectivity index (χ3n) is 3.09. The van der Waals surface area contributed by atoms with Crippen molar-refractivity contribution >= 4 is 11.5 Å². The number of nitro groups is 1. The molecule has 1 aromatic rings. The number of benzene rings is 1. The zero-order chi connectivity index (χ0) is 15.8. The number of nitrogens with zero attached hydrogens (tertiary/aromatic N) is 1. The lowest BCUT2D eigenvalue weighted by atomic mass is 10.1. The van der Waals surface area contributed by atoms with E-state index >= 15 is 0 Å². The van der Waals surface area contributed by atoms with Crippen molar-refractivity contribution in [3.63, 3.8) is 0 Å². The standard InChI is InChI=1S/C15H21NO5/c1-4-6-7-8-21-15-12(16(18)19)9-11(13(17)5-2)10-14(15)20-3/h9-10H,4-8H2,1-3H3. The van der Waals surface area contributed by atoms with Crippen molar-refractivity contribution in [1.82, 2.24) is 0 Å². The predicted octanol–water partition coefficient (Wildman–Crippen LogP) is 3.77. The number of hydrogen-bond donors (Lipinski definition) is 0. The van der Waals surface area contributed by atoms with Gasteiger partial charge in [0, 0.05) is 18.1 Å². The Morgan fingerprint density at radius 3 is 2.52 bits per heavy atom. The highest BCUT2D eigenvalue weighted by molar-refractivity contribution is 5.97. The smallest absolute Gasteiger partial charge is 0.315 e. The zero-order valence-corrected chi connectivity index (χ0v) is 12.7. The molecule has 0 aromatic heterocycles. The third-order valence-corrected chi connectivity index (χ3v) is 3.09. The lowest BCUT2D eigenvalue weighted by Gasteiger charge is -2.12. The molecule has 0 fully saturated rings. The minimum atomic E-state index is -0.551. The number of unbranched alkanes of at least 4 members (excludes halogenated alkanes) is 2. The molecule has 0 heterocycles. The number of carbonyl (C=O) groups is 1. The van der Waals surface area contributed by atoms with Gasteiger partial charge in [-0.25, -0.2) is 0 Å². The van der Waals surface area contributed by atoms with Gasteiger partial charge in [0.25, 0.3) is 0 Å². The van der Waals surface area contributed by atoms with Crippen LogP contribution in [0.5, 0.6) is 11.5 Å². The first-order valence-electron chi connectivity index (χ1n) is 7.07. The number of carbonyl (C=O) groups excluding carboxylic acids is 1. The van der Waals surface area contributed by atoms with E-state index in [9.17, 15) is 14.9 Å². The molecule has 1 rings (SSSR count). The summed E-state index contributed by atoms with van der Waals surface area (Å²) >= 11 is 0. The van der Waals surface area contributed by atoms with E-state index in [4.69, 9.17) is 9.47 Å². The second-order valence-electron chi connectivity index (χ2n) is 4.62. The van der Waals surface area contributed by atoms with Gasteiger partial charge in [-0.1, -0.05) is 26.7 Å². The van der Waals surface area contributed by atoms with E-state index in [0.717, 1.165) is 19.3 Å². The minimum absolute atomic E-state index is 0.0891. The molecule has 0 atom stereocenters. The Balaban J connectivity index is 3.14. The molecule has 0 aliphatic heterocycles. The van der Waals surface area contributed by atoms with Gasteiger partial charge in [-0.05, 0) is 12.5 Å². The van der Waals surface area contributed by atoms with Gasteiger partial charge in [-0.2, -0.15) is 0 Å². The molecule has 6 nitrogen and oxygen atoms in total. The van der Waals surface area contributed by atoms with Crippen LogP contribution >= 0.6 is 0 Å². The van der Waals surface area contributed by atoms with Gasteiger partial charge in [-0.3, -0.25) is 14.9 Å². The van der Waals surface area contributed by atoms with Crippen molar-refractivity contribution in [3.8, 4) is 11.5 Å². The third kappa shape index (κ3) is 4.44. The van der Waals surface area contributed by atoms with Gasteiger partial charge in [0.05, 0.1) is 18.6 Å². The van der Waals surface area contributed by atoms with Gasteiger partial charge in [0.1, 0.15) is 0 Å². The molecule has 1 aromatic carbocycles. The van der Waals surface area contributed by atoms with Crippen molar-refractivity contribution < 1.29 is 19.2 Å². The van der Waals surface area contributed by atoms with E-state index in [2.05, 4.69) is 6.92 Å². The van der Waals surface area contributed by atoms with Crippen LogP contribution < -0.4 is 9.47 Å². The molecule has 21 heavy (non-hydrogen) atoms. The number of ketones is 1. The van der Waals surface area contributed by atoms with Crippen molar-refractivity contribution in [2.75, 3.05) is 13.7 Å². The molecule has 0 amide bonds. The van der Waals surface area contributed by atoms with E-state index in [0.29, 0.717) is 6.61 Å². The molecule has 0 aliphatic carbocycles. The molecule has 0 unspecified atom stereocenters. The molecule has 6 heteroatoms. The molecule has 0 spiro atoms. The summed E-state index contributed by atoms with van der Waals surface area (Å²) in [6, 6.07) is 2.75. The second-order valence-corrected chi connectivity index (χ2v) is 4.62. The van der Waals surface area contributed by atoms with Crippen LogP contribution in [0.1, 0.15) is 49.9 Å². The van der Waals surface area contributed by atoms with Crippen molar-refractivity contribution in [1.29, 1.82) is 0 Å². The highest BCUT2D eigenvalue weighted by Crippen LogP contribution is 2.38. The Morgan fingerprint density at radius 1 is 1.29 bits per heavy atom. The van der Waals surface area contributed by atoms with Crippen molar-refractivity contribution in [2.45, 2.75) is 39.5 Å². The van der Waals surface area contributed by atoms with Crippen LogP contribution in [0, 0.1) is 10.1 Å². The minimum Gasteiger partial charge on any atom is -0.493 e. The lowest BCUT2D eigenvalue weighted by Crippen LogP contribution is -2.05. The molecule has 0 saturated heterocycles. The average molecular weight is 295 g/mol. The van der Waals surface area contributed by atoms with Crippen LogP contribution in [-0.4, -0.2) is 24.4 Å². The number of nitro benzene ring substituents is 1. The number of Topliss-reactive ketones (excluding diaryl/α,β-unsaturated/α-hetero) is 1. The summed E-state index contributed by atoms with van der Waals surface area (Å²) in [5, 5.41) is 11.2. The van der Waals surface area contributed by atoms with Crippen LogP contribution in [0.4, 0.5) is 5.69 Å². The van der Waals surface area contributed by atoms with E-state index in [1.807, 2.05) is 0 Å². The maximum atomic E-state index is 11.7. The molecule has 0 bridgehead atoms. The fourth-order valence-electron chi connectivity index (χ4n) is 1.91. The molecular formula is C15H21NO5. The summed E-state index contributed by atoms with van der Waals surface area (Å²) in [4.78, 5) is 22.4. The first kappa shape index (κ1) is 16.9. The largest absolute Gasteiger partial charge is 0.493 e. The van der Waals surface area contributed by atoms with Crippen LogP contribution in [0.25, 0.3) is 0 Å². The summed E-state index contributed by atoms with van der Waals surface area (Å²) in [6.07, 6.45) is 3.11. The highest BCUT2D eigenvalue weighted by Gasteiger charge is 2.24. The zero-order valence-electron chi connectivity index (χ0n) is 12.7. The maximum absolute atomic E-state index is 11.7. The first-order valence-corrected chi connectivity index (χ1v) is 7.07. The number of rotatable bonds is 9. The van der Waals surface area contributed by atoms with Crippen LogP contribution in [-0.2, 0) is 0 Å². The first-order chi connectivity index (χ1) is 10.0.